The third-order valence-corrected chi connectivity index (χ3v) is 4.11. The van der Waals surface area contributed by atoms with Gasteiger partial charge in [0.05, 0.1) is 12.7 Å². The molecule has 7 heteroatoms. The normalized spacial score (nSPS) is 10.2. The van der Waals surface area contributed by atoms with Gasteiger partial charge in [0.25, 0.3) is 5.91 Å². The minimum absolute atomic E-state index is 0.198. The monoisotopic (exact) mass is 377 g/mol. The summed E-state index contributed by atoms with van der Waals surface area (Å²) in [6.07, 6.45) is 0. The van der Waals surface area contributed by atoms with Crippen molar-refractivity contribution in [1.29, 1.82) is 0 Å². The number of hydrogen-bond donors (Lipinski definition) is 3. The van der Waals surface area contributed by atoms with Gasteiger partial charge in [-0.3, -0.25) is 4.79 Å². The predicted molar refractivity (Wildman–Crippen MR) is 110 cm³/mol. The first-order valence-corrected chi connectivity index (χ1v) is 8.89. The number of aryl methyl sites for hydroxylation is 1. The molecule has 0 radical (unpaired) electrons. The Morgan fingerprint density at radius 2 is 1.86 bits per heavy atom. The van der Waals surface area contributed by atoms with Gasteiger partial charge in [0.1, 0.15) is 11.6 Å². The number of carbonyl (C=O) groups is 1. The van der Waals surface area contributed by atoms with Crippen molar-refractivity contribution >= 4 is 23.4 Å². The summed E-state index contributed by atoms with van der Waals surface area (Å²) in [6, 6.07) is 16.9. The third-order valence-electron chi connectivity index (χ3n) is 4.11. The van der Waals surface area contributed by atoms with Crippen LogP contribution in [0.4, 0.5) is 17.5 Å². The van der Waals surface area contributed by atoms with Gasteiger partial charge in [0, 0.05) is 37.1 Å². The Hall–Kier alpha value is -3.61. The summed E-state index contributed by atoms with van der Waals surface area (Å²) in [6.45, 7) is 2.35. The fourth-order valence-electron chi connectivity index (χ4n) is 2.71. The fraction of sp³-hybridized carbons (Fsp3) is 0.190. The van der Waals surface area contributed by atoms with E-state index in [1.165, 1.54) is 7.11 Å². The van der Waals surface area contributed by atoms with Crippen LogP contribution in [0.15, 0.2) is 54.6 Å². The van der Waals surface area contributed by atoms with Gasteiger partial charge in [-0.2, -0.15) is 4.98 Å². The maximum atomic E-state index is 12.6. The molecular weight excluding hydrogens is 354 g/mol. The molecule has 0 aliphatic carbocycles. The highest BCUT2D eigenvalue weighted by atomic mass is 16.5. The van der Waals surface area contributed by atoms with Crippen LogP contribution in [0.2, 0.25) is 0 Å². The molecule has 0 bridgehead atoms. The molecule has 3 aromatic rings. The Morgan fingerprint density at radius 1 is 1.07 bits per heavy atom. The number of aromatic nitrogens is 2. The maximum absolute atomic E-state index is 12.6. The highest BCUT2D eigenvalue weighted by Gasteiger charge is 2.13. The van der Waals surface area contributed by atoms with Crippen molar-refractivity contribution in [2.75, 3.05) is 24.8 Å². The van der Waals surface area contributed by atoms with E-state index in [0.717, 1.165) is 22.8 Å². The molecule has 3 rings (SSSR count). The van der Waals surface area contributed by atoms with Gasteiger partial charge in [-0.05, 0) is 24.6 Å². The van der Waals surface area contributed by atoms with Crippen LogP contribution in [-0.4, -0.2) is 30.0 Å². The zero-order valence-corrected chi connectivity index (χ0v) is 16.1. The minimum Gasteiger partial charge on any atom is -0.496 e. The van der Waals surface area contributed by atoms with Crippen LogP contribution >= 0.6 is 0 Å². The molecule has 1 amide bonds. The van der Waals surface area contributed by atoms with Crippen molar-refractivity contribution in [3.8, 4) is 5.75 Å². The van der Waals surface area contributed by atoms with Crippen molar-refractivity contribution in [3.05, 3.63) is 71.4 Å². The lowest BCUT2D eigenvalue weighted by atomic mass is 10.1. The van der Waals surface area contributed by atoms with Gasteiger partial charge in [0.2, 0.25) is 5.95 Å². The molecule has 0 fully saturated rings. The number of amides is 1. The smallest absolute Gasteiger partial charge is 0.255 e. The van der Waals surface area contributed by atoms with E-state index in [-0.39, 0.29) is 5.91 Å². The van der Waals surface area contributed by atoms with E-state index in [1.54, 1.807) is 25.2 Å². The summed E-state index contributed by atoms with van der Waals surface area (Å²) in [5.41, 5.74) is 3.06. The van der Waals surface area contributed by atoms with E-state index < -0.39 is 0 Å². The molecule has 7 nitrogen and oxygen atoms in total. The van der Waals surface area contributed by atoms with Gasteiger partial charge < -0.3 is 20.7 Å². The number of ether oxygens (including phenoxy) is 1. The zero-order valence-electron chi connectivity index (χ0n) is 16.1. The van der Waals surface area contributed by atoms with E-state index in [9.17, 15) is 4.79 Å². The molecule has 2 aromatic carbocycles. The van der Waals surface area contributed by atoms with Crippen LogP contribution in [0.3, 0.4) is 0 Å². The topological polar surface area (TPSA) is 88.2 Å². The summed E-state index contributed by atoms with van der Waals surface area (Å²) >= 11 is 0. The number of methoxy groups -OCH3 is 1. The second-order valence-corrected chi connectivity index (χ2v) is 6.18. The predicted octanol–water partition coefficient (Wildman–Crippen LogP) is 3.51. The molecule has 0 aliphatic rings. The maximum Gasteiger partial charge on any atom is 0.255 e. The summed E-state index contributed by atoms with van der Waals surface area (Å²) in [4.78, 5) is 21.3. The third kappa shape index (κ3) is 4.76. The molecule has 28 heavy (non-hydrogen) atoms. The summed E-state index contributed by atoms with van der Waals surface area (Å²) in [5, 5.41) is 9.05. The van der Waals surface area contributed by atoms with Crippen LogP contribution in [0.25, 0.3) is 0 Å². The largest absolute Gasteiger partial charge is 0.496 e. The lowest BCUT2D eigenvalue weighted by molar-refractivity contribution is 0.0948. The summed E-state index contributed by atoms with van der Waals surface area (Å²) < 4.78 is 5.41. The van der Waals surface area contributed by atoms with Gasteiger partial charge in [-0.15, -0.1) is 0 Å². The summed E-state index contributed by atoms with van der Waals surface area (Å²) in [7, 11) is 3.34. The van der Waals surface area contributed by atoms with Crippen molar-refractivity contribution in [2.45, 2.75) is 13.5 Å². The van der Waals surface area contributed by atoms with Crippen LogP contribution in [0.5, 0.6) is 5.75 Å². The fourth-order valence-corrected chi connectivity index (χ4v) is 2.71. The van der Waals surface area contributed by atoms with Crippen molar-refractivity contribution in [1.82, 2.24) is 15.3 Å². The summed E-state index contributed by atoms with van der Waals surface area (Å²) in [5.74, 6) is 1.46. The number of rotatable bonds is 7. The minimum atomic E-state index is -0.198. The van der Waals surface area contributed by atoms with Crippen LogP contribution in [0, 0.1) is 6.92 Å². The van der Waals surface area contributed by atoms with E-state index in [2.05, 4.69) is 25.9 Å². The second kappa shape index (κ2) is 8.85. The lowest BCUT2D eigenvalue weighted by Gasteiger charge is -2.12. The molecule has 144 valence electrons. The quantitative estimate of drug-likeness (QED) is 0.584. The molecule has 0 spiro atoms. The first-order valence-electron chi connectivity index (χ1n) is 8.89. The zero-order chi connectivity index (χ0) is 19.9. The van der Waals surface area contributed by atoms with Crippen molar-refractivity contribution in [3.63, 3.8) is 0 Å². The van der Waals surface area contributed by atoms with Crippen molar-refractivity contribution in [2.24, 2.45) is 0 Å². The number of anilines is 3. The van der Waals surface area contributed by atoms with Gasteiger partial charge >= 0.3 is 0 Å². The average molecular weight is 377 g/mol. The van der Waals surface area contributed by atoms with Gasteiger partial charge in [-0.1, -0.05) is 30.3 Å². The SMILES string of the molecule is CNc1cc(C)nc(Nc2ccc(C(=O)NCc3ccccc3)c(OC)c2)n1. The Balaban J connectivity index is 1.74. The number of hydrogen-bond acceptors (Lipinski definition) is 6. The molecule has 3 N–H and O–H groups in total. The Bertz CT molecular complexity index is 960. The molecule has 0 atom stereocenters. The highest BCUT2D eigenvalue weighted by molar-refractivity contribution is 5.97. The molecular formula is C21H23N5O2. The van der Waals surface area contributed by atoms with E-state index in [1.807, 2.05) is 43.3 Å². The number of nitrogens with one attached hydrogen (secondary N) is 3. The molecule has 1 heterocycles. The van der Waals surface area contributed by atoms with Crippen molar-refractivity contribution < 1.29 is 9.53 Å². The van der Waals surface area contributed by atoms with Gasteiger partial charge in [-0.25, -0.2) is 4.98 Å². The lowest BCUT2D eigenvalue weighted by Crippen LogP contribution is -2.23. The number of nitrogens with zero attached hydrogens (tertiary/aromatic N) is 2. The average Bonchev–Trinajstić information content (AvgIpc) is 2.72. The number of carbonyl (C=O) groups excluding carboxylic acids is 1. The first-order chi connectivity index (χ1) is 13.6. The Morgan fingerprint density at radius 3 is 2.57 bits per heavy atom. The Kier molecular flexibility index (Phi) is 6.06. The van der Waals surface area contributed by atoms with Crippen LogP contribution < -0.4 is 20.7 Å². The van der Waals surface area contributed by atoms with Gasteiger partial charge in [0.15, 0.2) is 0 Å². The Labute approximate surface area is 164 Å². The highest BCUT2D eigenvalue weighted by Crippen LogP contribution is 2.25. The number of benzene rings is 2. The van der Waals surface area contributed by atoms with Crippen LogP contribution in [-0.2, 0) is 6.54 Å². The van der Waals surface area contributed by atoms with E-state index in [0.29, 0.717) is 23.8 Å². The molecule has 0 unspecified atom stereocenters. The first kappa shape index (κ1) is 19.2. The standard InChI is InChI=1S/C21H23N5O2/c1-14-11-19(22-2)26-21(24-14)25-16-9-10-17(18(12-16)28-3)20(27)23-13-15-7-5-4-6-8-15/h4-12H,13H2,1-3H3,(H,23,27)(H2,22,24,25,26). The molecule has 0 saturated carbocycles. The molecule has 1 aromatic heterocycles. The molecule has 0 saturated heterocycles. The second-order valence-electron chi connectivity index (χ2n) is 6.18. The van der Waals surface area contributed by atoms with E-state index >= 15 is 0 Å². The van der Waals surface area contributed by atoms with Crippen LogP contribution in [0.1, 0.15) is 21.6 Å². The molecule has 0 aliphatic heterocycles. The van der Waals surface area contributed by atoms with E-state index in [4.69, 9.17) is 4.74 Å².